The molecule has 7 nitrogen and oxygen atoms in total. The summed E-state index contributed by atoms with van der Waals surface area (Å²) in [5, 5.41) is 0. The minimum atomic E-state index is -0.323. The summed E-state index contributed by atoms with van der Waals surface area (Å²) in [7, 11) is 0. The molecule has 204 valence electrons. The zero-order valence-corrected chi connectivity index (χ0v) is 24.3. The number of carbonyl (C=O) groups excluding carboxylic acids is 2. The molecular weight excluding hydrogens is 563 g/mol. The highest BCUT2D eigenvalue weighted by Gasteiger charge is 2.42. The van der Waals surface area contributed by atoms with Crippen molar-refractivity contribution < 1.29 is 14.3 Å². The highest BCUT2D eigenvalue weighted by atomic mass is 32.2. The third kappa shape index (κ3) is 4.53. The molecule has 1 saturated heterocycles. The van der Waals surface area contributed by atoms with Gasteiger partial charge in [0.15, 0.2) is 6.73 Å². The largest absolute Gasteiger partial charge is 0.446 e. The minimum Gasteiger partial charge on any atom is -0.446 e. The number of rotatable bonds is 7. The third-order valence-electron chi connectivity index (χ3n) is 7.67. The fraction of sp³-hybridized carbons (Fsp3) is 0.267. The SMILES string of the molecule is C=CCN1C(=O)/C(=c2\s/c(=C/c3ccc4c(c3)C3CCCC3N4c3ccc(C)cc3)c(=O)n2COC=O)SC1=S. The zero-order valence-electron chi connectivity index (χ0n) is 21.9. The van der Waals surface area contributed by atoms with Gasteiger partial charge in [-0.05, 0) is 61.2 Å². The summed E-state index contributed by atoms with van der Waals surface area (Å²) in [4.78, 5) is 41.8. The average Bonchev–Trinajstić information content (AvgIpc) is 3.68. The van der Waals surface area contributed by atoms with E-state index in [2.05, 4.69) is 54.8 Å². The second-order valence-corrected chi connectivity index (χ2v) is 12.7. The van der Waals surface area contributed by atoms with E-state index in [1.165, 1.54) is 49.7 Å². The van der Waals surface area contributed by atoms with E-state index in [1.54, 1.807) is 6.08 Å². The maximum atomic E-state index is 13.5. The topological polar surface area (TPSA) is 71.8 Å². The normalized spacial score (nSPS) is 21.7. The highest BCUT2D eigenvalue weighted by molar-refractivity contribution is 8.30. The first-order valence-electron chi connectivity index (χ1n) is 13.1. The number of fused-ring (bicyclic) bond motifs is 3. The van der Waals surface area contributed by atoms with Gasteiger partial charge in [-0.15, -0.1) is 17.9 Å². The van der Waals surface area contributed by atoms with Gasteiger partial charge in [-0.2, -0.15) is 0 Å². The Morgan fingerprint density at radius 1 is 1.15 bits per heavy atom. The summed E-state index contributed by atoms with van der Waals surface area (Å²) in [5.41, 5.74) is 5.57. The molecule has 1 amide bonds. The van der Waals surface area contributed by atoms with Gasteiger partial charge in [-0.3, -0.25) is 23.9 Å². The van der Waals surface area contributed by atoms with Crippen molar-refractivity contribution in [1.29, 1.82) is 0 Å². The van der Waals surface area contributed by atoms with Crippen LogP contribution in [0.1, 0.15) is 41.9 Å². The Morgan fingerprint density at radius 2 is 1.95 bits per heavy atom. The molecule has 0 bridgehead atoms. The standard InChI is InChI=1S/C30H27N3O4S3/c1-3-13-31-28(36)26(40-30(31)38)29-32(16-37-17-34)27(35)25(39-29)15-19-9-12-24-22(14-19)21-5-4-6-23(21)33(24)20-10-7-18(2)8-11-20/h3,7-12,14-15,17,21,23H,1,4-6,13,16H2,2H3/b25-15+,29-26+. The molecular formula is C30H27N3O4S3. The molecule has 2 aliphatic heterocycles. The fourth-order valence-electron chi connectivity index (χ4n) is 5.88. The summed E-state index contributed by atoms with van der Waals surface area (Å²) >= 11 is 7.73. The van der Waals surface area contributed by atoms with Crippen molar-refractivity contribution in [2.45, 2.75) is 44.9 Å². The maximum Gasteiger partial charge on any atom is 0.294 e. The average molecular weight is 590 g/mol. The second-order valence-electron chi connectivity index (χ2n) is 10.1. The smallest absolute Gasteiger partial charge is 0.294 e. The van der Waals surface area contributed by atoms with Gasteiger partial charge in [0.25, 0.3) is 17.9 Å². The Morgan fingerprint density at radius 3 is 2.70 bits per heavy atom. The molecule has 2 fully saturated rings. The number of nitrogens with zero attached hydrogens (tertiary/aromatic N) is 3. The quantitative estimate of drug-likeness (QED) is 0.233. The van der Waals surface area contributed by atoms with Gasteiger partial charge < -0.3 is 9.64 Å². The lowest BCUT2D eigenvalue weighted by Gasteiger charge is -2.27. The molecule has 2 aromatic carbocycles. The van der Waals surface area contributed by atoms with Gasteiger partial charge in [0, 0.05) is 29.9 Å². The van der Waals surface area contributed by atoms with Crippen LogP contribution in [0.2, 0.25) is 0 Å². The predicted molar refractivity (Wildman–Crippen MR) is 164 cm³/mol. The van der Waals surface area contributed by atoms with Crippen LogP contribution in [0.25, 0.3) is 11.0 Å². The summed E-state index contributed by atoms with van der Waals surface area (Å²) < 4.78 is 7.54. The minimum absolute atomic E-state index is 0.282. The number of benzene rings is 2. The molecule has 2 unspecified atom stereocenters. The number of thiocarbonyl (C=S) groups is 1. The molecule has 3 aliphatic rings. The van der Waals surface area contributed by atoms with Gasteiger partial charge in [-0.25, -0.2) is 0 Å². The second kappa shape index (κ2) is 10.8. The van der Waals surface area contributed by atoms with Gasteiger partial charge in [0.2, 0.25) is 0 Å². The van der Waals surface area contributed by atoms with Crippen LogP contribution in [0.15, 0.2) is 59.9 Å². The van der Waals surface area contributed by atoms with Gasteiger partial charge in [0.05, 0.1) is 4.53 Å². The lowest BCUT2D eigenvalue weighted by Crippen LogP contribution is -2.34. The first-order chi connectivity index (χ1) is 19.4. The van der Waals surface area contributed by atoms with E-state index in [1.807, 2.05) is 12.1 Å². The Labute approximate surface area is 245 Å². The number of thioether (sulfide) groups is 1. The van der Waals surface area contributed by atoms with Crippen molar-refractivity contribution in [3.8, 4) is 0 Å². The molecule has 40 heavy (non-hydrogen) atoms. The number of anilines is 2. The molecule has 1 aromatic heterocycles. The van der Waals surface area contributed by atoms with E-state index in [-0.39, 0.29) is 24.7 Å². The van der Waals surface area contributed by atoms with E-state index in [9.17, 15) is 14.4 Å². The lowest BCUT2D eigenvalue weighted by atomic mass is 9.96. The van der Waals surface area contributed by atoms with Gasteiger partial charge >= 0.3 is 0 Å². The Kier molecular flexibility index (Phi) is 7.24. The molecule has 3 heterocycles. The van der Waals surface area contributed by atoms with Crippen LogP contribution >= 0.6 is 35.3 Å². The van der Waals surface area contributed by atoms with E-state index < -0.39 is 0 Å². The van der Waals surface area contributed by atoms with Crippen molar-refractivity contribution in [3.63, 3.8) is 0 Å². The molecule has 1 saturated carbocycles. The van der Waals surface area contributed by atoms with Crippen LogP contribution in [0.4, 0.5) is 11.4 Å². The summed E-state index contributed by atoms with van der Waals surface area (Å²) in [5.74, 6) is 0.157. The number of aryl methyl sites for hydroxylation is 1. The molecule has 0 radical (unpaired) electrons. The third-order valence-corrected chi connectivity index (χ3v) is 10.4. The van der Waals surface area contributed by atoms with Gasteiger partial charge in [-0.1, -0.05) is 60.2 Å². The summed E-state index contributed by atoms with van der Waals surface area (Å²) in [6, 6.07) is 15.5. The first-order valence-corrected chi connectivity index (χ1v) is 15.1. The zero-order chi connectivity index (χ0) is 28.0. The van der Waals surface area contributed by atoms with E-state index >= 15 is 0 Å². The fourth-order valence-corrected chi connectivity index (χ4v) is 8.40. The first kappa shape index (κ1) is 26.7. The number of ether oxygens (including phenoxy) is 1. The molecule has 0 N–H and O–H groups in total. The van der Waals surface area contributed by atoms with Crippen LogP contribution in [0, 0.1) is 6.92 Å². The lowest BCUT2D eigenvalue weighted by molar-refractivity contribution is -0.132. The monoisotopic (exact) mass is 589 g/mol. The van der Waals surface area contributed by atoms with Crippen molar-refractivity contribution in [2.75, 3.05) is 11.4 Å². The van der Waals surface area contributed by atoms with E-state index in [4.69, 9.17) is 17.0 Å². The molecule has 0 spiro atoms. The molecule has 1 aliphatic carbocycles. The van der Waals surface area contributed by atoms with Crippen molar-refractivity contribution >= 4 is 74.4 Å². The van der Waals surface area contributed by atoms with E-state index in [0.717, 1.165) is 30.2 Å². The number of amides is 1. The van der Waals surface area contributed by atoms with Crippen LogP contribution in [-0.2, 0) is 21.1 Å². The Bertz CT molecular complexity index is 1720. The van der Waals surface area contributed by atoms with Crippen LogP contribution < -0.4 is 19.7 Å². The highest BCUT2D eigenvalue weighted by Crippen LogP contribution is 2.52. The number of aromatic nitrogens is 1. The molecule has 2 atom stereocenters. The number of thiazole rings is 1. The van der Waals surface area contributed by atoms with E-state index in [0.29, 0.717) is 36.9 Å². The molecule has 3 aromatic rings. The molecule has 10 heteroatoms. The summed E-state index contributed by atoms with van der Waals surface area (Å²) in [6.45, 7) is 6.08. The van der Waals surface area contributed by atoms with Crippen molar-refractivity contribution in [3.05, 3.63) is 91.4 Å². The molecule has 6 rings (SSSR count). The summed E-state index contributed by atoms with van der Waals surface area (Å²) in [6.07, 6.45) is 6.94. The van der Waals surface area contributed by atoms with Gasteiger partial charge in [0.1, 0.15) is 13.9 Å². The van der Waals surface area contributed by atoms with Crippen molar-refractivity contribution in [2.24, 2.45) is 0 Å². The number of hydrogen-bond acceptors (Lipinski definition) is 8. The maximum absolute atomic E-state index is 13.5. The Hall–Kier alpha value is -3.47. The number of carbonyl (C=O) groups is 2. The number of hydrogen-bond donors (Lipinski definition) is 0. The Balaban J connectivity index is 1.45. The van der Waals surface area contributed by atoms with Crippen LogP contribution in [0.5, 0.6) is 0 Å². The van der Waals surface area contributed by atoms with Crippen LogP contribution in [0.3, 0.4) is 0 Å². The van der Waals surface area contributed by atoms with Crippen LogP contribution in [-0.4, -0.2) is 38.8 Å². The van der Waals surface area contributed by atoms with Crippen molar-refractivity contribution in [1.82, 2.24) is 9.47 Å². The predicted octanol–water partition coefficient (Wildman–Crippen LogP) is 4.12.